The first-order chi connectivity index (χ1) is 14.7. The predicted molar refractivity (Wildman–Crippen MR) is 105 cm³/mol. The highest BCUT2D eigenvalue weighted by atomic mass is 19.1. The lowest BCUT2D eigenvalue weighted by Gasteiger charge is -2.30. The van der Waals surface area contributed by atoms with Gasteiger partial charge in [-0.1, -0.05) is 11.2 Å². The molecule has 2 aromatic heterocycles. The number of hydrogen-bond donors (Lipinski definition) is 2. The Hall–Kier alpha value is -3.70. The lowest BCUT2D eigenvalue weighted by atomic mass is 9.83. The molecule has 3 aromatic rings. The minimum absolute atomic E-state index is 0.105. The number of ether oxygens (including phenoxy) is 1. The number of nitrogens with zero attached hydrogens (tertiary/aromatic N) is 4. The molecule has 4 rings (SSSR count). The second-order valence-corrected chi connectivity index (χ2v) is 8.02. The van der Waals surface area contributed by atoms with Gasteiger partial charge in [-0.2, -0.15) is 0 Å². The summed E-state index contributed by atoms with van der Waals surface area (Å²) in [5.41, 5.74) is 1.18. The molecule has 1 aromatic carbocycles. The van der Waals surface area contributed by atoms with Gasteiger partial charge in [-0.3, -0.25) is 4.52 Å². The van der Waals surface area contributed by atoms with E-state index in [-0.39, 0.29) is 30.4 Å². The molecule has 0 aliphatic heterocycles. The van der Waals surface area contributed by atoms with Crippen molar-refractivity contribution in [1.29, 1.82) is 0 Å². The maximum atomic E-state index is 13.6. The van der Waals surface area contributed by atoms with Gasteiger partial charge < -0.3 is 15.4 Å². The molecule has 1 aliphatic carbocycles. The van der Waals surface area contributed by atoms with Crippen LogP contribution in [0.2, 0.25) is 0 Å². The number of alkyl carbamates (subject to hydrolysis) is 1. The van der Waals surface area contributed by atoms with Crippen molar-refractivity contribution in [2.45, 2.75) is 38.8 Å². The van der Waals surface area contributed by atoms with E-state index in [4.69, 9.17) is 13.9 Å². The summed E-state index contributed by atoms with van der Waals surface area (Å²) in [7, 11) is 0. The SMILES string of the molecule is CC(C)(C)OC(=O)NCCNc1nonc1-c1noc(=O)n1C1Cc2ccc(F)cc21. The fraction of sp³-hybridized carbons (Fsp3) is 0.421. The number of amides is 1. The van der Waals surface area contributed by atoms with Crippen molar-refractivity contribution in [1.82, 2.24) is 25.4 Å². The average molecular weight is 432 g/mol. The minimum atomic E-state index is -0.699. The van der Waals surface area contributed by atoms with Gasteiger partial charge in [0.15, 0.2) is 5.69 Å². The van der Waals surface area contributed by atoms with Gasteiger partial charge in [-0.05, 0) is 60.8 Å². The summed E-state index contributed by atoms with van der Waals surface area (Å²) in [5, 5.41) is 17.0. The highest BCUT2D eigenvalue weighted by molar-refractivity contribution is 5.68. The number of aromatic nitrogens is 4. The van der Waals surface area contributed by atoms with Crippen molar-refractivity contribution < 1.29 is 23.1 Å². The predicted octanol–water partition coefficient (Wildman–Crippen LogP) is 2.11. The Balaban J connectivity index is 1.46. The monoisotopic (exact) mass is 432 g/mol. The number of carbonyl (C=O) groups is 1. The molecule has 1 amide bonds. The smallest absolute Gasteiger partial charge is 0.442 e. The van der Waals surface area contributed by atoms with E-state index >= 15 is 0 Å². The van der Waals surface area contributed by atoms with Crippen LogP contribution in [0.5, 0.6) is 0 Å². The summed E-state index contributed by atoms with van der Waals surface area (Å²) < 4.78 is 29.7. The Morgan fingerprint density at radius 1 is 1.29 bits per heavy atom. The van der Waals surface area contributed by atoms with Crippen LogP contribution in [-0.2, 0) is 11.2 Å². The third-order valence-electron chi connectivity index (χ3n) is 4.61. The van der Waals surface area contributed by atoms with Crippen LogP contribution in [0.3, 0.4) is 0 Å². The van der Waals surface area contributed by atoms with Gasteiger partial charge in [0, 0.05) is 13.1 Å². The maximum absolute atomic E-state index is 13.6. The Morgan fingerprint density at radius 3 is 2.87 bits per heavy atom. The molecule has 0 saturated heterocycles. The zero-order chi connectivity index (χ0) is 22.2. The second-order valence-electron chi connectivity index (χ2n) is 8.02. The molecule has 31 heavy (non-hydrogen) atoms. The van der Waals surface area contributed by atoms with E-state index in [2.05, 4.69) is 26.1 Å². The number of halogens is 1. The molecular weight excluding hydrogens is 411 g/mol. The van der Waals surface area contributed by atoms with E-state index < -0.39 is 29.3 Å². The molecule has 1 unspecified atom stereocenters. The molecule has 0 spiro atoms. The lowest BCUT2D eigenvalue weighted by Crippen LogP contribution is -2.35. The van der Waals surface area contributed by atoms with E-state index in [9.17, 15) is 14.0 Å². The van der Waals surface area contributed by atoms with Gasteiger partial charge in [0.05, 0.1) is 6.04 Å². The first-order valence-corrected chi connectivity index (χ1v) is 9.63. The van der Waals surface area contributed by atoms with Crippen molar-refractivity contribution in [2.24, 2.45) is 0 Å². The summed E-state index contributed by atoms with van der Waals surface area (Å²) in [4.78, 5) is 24.0. The molecular formula is C19H21FN6O5. The molecule has 164 valence electrons. The molecule has 1 aliphatic rings. The Labute approximate surface area is 175 Å². The molecule has 0 radical (unpaired) electrons. The van der Waals surface area contributed by atoms with Crippen LogP contribution in [0.4, 0.5) is 15.0 Å². The highest BCUT2D eigenvalue weighted by Crippen LogP contribution is 2.38. The van der Waals surface area contributed by atoms with E-state index in [0.29, 0.717) is 12.0 Å². The van der Waals surface area contributed by atoms with E-state index in [0.717, 1.165) is 5.56 Å². The quantitative estimate of drug-likeness (QED) is 0.561. The topological polar surface area (TPSA) is 137 Å². The number of carbonyl (C=O) groups excluding carboxylic acids is 1. The van der Waals surface area contributed by atoms with Crippen molar-refractivity contribution in [3.05, 3.63) is 45.7 Å². The van der Waals surface area contributed by atoms with Gasteiger partial charge in [-0.25, -0.2) is 23.2 Å². The third kappa shape index (κ3) is 4.27. The lowest BCUT2D eigenvalue weighted by molar-refractivity contribution is 0.0530. The van der Waals surface area contributed by atoms with Crippen LogP contribution in [0.25, 0.3) is 11.5 Å². The van der Waals surface area contributed by atoms with Crippen LogP contribution in [0.15, 0.2) is 32.1 Å². The van der Waals surface area contributed by atoms with Crippen molar-refractivity contribution in [3.8, 4) is 11.5 Å². The van der Waals surface area contributed by atoms with Crippen LogP contribution in [0.1, 0.15) is 37.9 Å². The standard InChI is InChI=1S/C19H21FN6O5/c1-19(2,3)29-17(27)22-7-6-21-15-14(23-31-24-15)16-25-30-18(28)26(16)13-8-10-4-5-11(20)9-12(10)13/h4-5,9,13H,6-8H2,1-3H3,(H,21,24)(H,22,27). The van der Waals surface area contributed by atoms with E-state index in [1.807, 2.05) is 0 Å². The van der Waals surface area contributed by atoms with Gasteiger partial charge in [0.2, 0.25) is 11.6 Å². The number of rotatable bonds is 6. The molecule has 0 saturated carbocycles. The zero-order valence-corrected chi connectivity index (χ0v) is 17.1. The first kappa shape index (κ1) is 20.6. The summed E-state index contributed by atoms with van der Waals surface area (Å²) >= 11 is 0. The Bertz CT molecular complexity index is 1160. The molecule has 11 nitrogen and oxygen atoms in total. The van der Waals surface area contributed by atoms with Crippen molar-refractivity contribution >= 4 is 11.9 Å². The largest absolute Gasteiger partial charge is 0.444 e. The molecule has 0 bridgehead atoms. The highest BCUT2D eigenvalue weighted by Gasteiger charge is 2.34. The summed E-state index contributed by atoms with van der Waals surface area (Å²) in [5.74, 6) is -0.770. The summed E-state index contributed by atoms with van der Waals surface area (Å²) in [6.07, 6.45) is -0.0218. The molecule has 1 atom stereocenters. The zero-order valence-electron chi connectivity index (χ0n) is 17.1. The number of hydrogen-bond acceptors (Lipinski definition) is 9. The van der Waals surface area contributed by atoms with E-state index in [1.54, 1.807) is 26.8 Å². The summed E-state index contributed by atoms with van der Waals surface area (Å²) in [6, 6.07) is 4.01. The third-order valence-corrected chi connectivity index (χ3v) is 4.61. The number of fused-ring (bicyclic) bond motifs is 1. The van der Waals surface area contributed by atoms with Gasteiger partial charge in [-0.15, -0.1) is 0 Å². The number of benzene rings is 1. The Kier molecular flexibility index (Phi) is 5.21. The fourth-order valence-electron chi connectivity index (χ4n) is 3.28. The van der Waals surface area contributed by atoms with Gasteiger partial charge >= 0.3 is 11.8 Å². The second kappa shape index (κ2) is 7.85. The van der Waals surface area contributed by atoms with Crippen molar-refractivity contribution in [2.75, 3.05) is 18.4 Å². The molecule has 2 N–H and O–H groups in total. The number of anilines is 1. The van der Waals surface area contributed by atoms with Gasteiger partial charge in [0.25, 0.3) is 0 Å². The van der Waals surface area contributed by atoms with E-state index in [1.165, 1.54) is 16.7 Å². The maximum Gasteiger partial charge on any atom is 0.442 e. The summed E-state index contributed by atoms with van der Waals surface area (Å²) in [6.45, 7) is 5.82. The van der Waals surface area contributed by atoms with Crippen LogP contribution in [0, 0.1) is 5.82 Å². The van der Waals surface area contributed by atoms with Crippen LogP contribution in [-0.4, -0.2) is 44.8 Å². The normalized spacial score (nSPS) is 15.2. The number of nitrogens with one attached hydrogen (secondary N) is 2. The Morgan fingerprint density at radius 2 is 2.10 bits per heavy atom. The van der Waals surface area contributed by atoms with Crippen molar-refractivity contribution in [3.63, 3.8) is 0 Å². The van der Waals surface area contributed by atoms with Crippen LogP contribution < -0.4 is 16.4 Å². The minimum Gasteiger partial charge on any atom is -0.444 e. The first-order valence-electron chi connectivity index (χ1n) is 9.63. The molecule has 0 fully saturated rings. The van der Waals surface area contributed by atoms with Crippen LogP contribution >= 0.6 is 0 Å². The molecule has 12 heteroatoms. The average Bonchev–Trinajstić information content (AvgIpc) is 3.27. The van der Waals surface area contributed by atoms with Gasteiger partial charge in [0.1, 0.15) is 11.4 Å². The molecule has 2 heterocycles. The fourth-order valence-corrected chi connectivity index (χ4v) is 3.28.